The molecule has 39 heavy (non-hydrogen) atoms. The number of methoxy groups -OCH3 is 1. The highest BCUT2D eigenvalue weighted by Gasteiger charge is 2.14. The van der Waals surface area contributed by atoms with Crippen LogP contribution >= 0.6 is 0 Å². The van der Waals surface area contributed by atoms with Crippen LogP contribution in [0, 0.1) is 13.8 Å². The Morgan fingerprint density at radius 1 is 0.590 bits per heavy atom. The van der Waals surface area contributed by atoms with Crippen molar-refractivity contribution in [2.75, 3.05) is 12.0 Å². The van der Waals surface area contributed by atoms with Gasteiger partial charge in [-0.05, 0) is 95.3 Å². The van der Waals surface area contributed by atoms with E-state index in [1.165, 1.54) is 46.6 Å². The summed E-state index contributed by atoms with van der Waals surface area (Å²) in [5.41, 5.74) is 11.4. The van der Waals surface area contributed by atoms with Gasteiger partial charge in [-0.3, -0.25) is 0 Å². The molecular formula is C36H31NO2. The molecule has 0 N–H and O–H groups in total. The first-order valence-electron chi connectivity index (χ1n) is 13.0. The Bertz CT molecular complexity index is 1580. The molecule has 5 rings (SSSR count). The maximum atomic E-state index is 11.5. The van der Waals surface area contributed by atoms with Gasteiger partial charge in [-0.2, -0.15) is 0 Å². The Kier molecular flexibility index (Phi) is 7.70. The number of hydrogen-bond acceptors (Lipinski definition) is 3. The van der Waals surface area contributed by atoms with Gasteiger partial charge in [-0.1, -0.05) is 84.9 Å². The highest BCUT2D eigenvalue weighted by Crippen LogP contribution is 2.37. The van der Waals surface area contributed by atoms with Crippen molar-refractivity contribution < 1.29 is 9.53 Å². The number of carbonyl (C=O) groups excluding carboxylic acids is 1. The molecule has 0 radical (unpaired) electrons. The summed E-state index contributed by atoms with van der Waals surface area (Å²) in [4.78, 5) is 13.7. The molecule has 192 valence electrons. The van der Waals surface area contributed by atoms with Crippen molar-refractivity contribution in [2.45, 2.75) is 13.8 Å². The van der Waals surface area contributed by atoms with Gasteiger partial charge in [0, 0.05) is 23.1 Å². The Hall–Kier alpha value is -4.89. The summed E-state index contributed by atoms with van der Waals surface area (Å²) >= 11 is 0. The molecule has 0 bridgehead atoms. The van der Waals surface area contributed by atoms with E-state index in [2.05, 4.69) is 122 Å². The monoisotopic (exact) mass is 509 g/mol. The van der Waals surface area contributed by atoms with Crippen LogP contribution in [0.4, 0.5) is 17.1 Å². The molecule has 0 spiro atoms. The van der Waals surface area contributed by atoms with E-state index in [0.717, 1.165) is 22.6 Å². The van der Waals surface area contributed by atoms with Crippen LogP contribution in [0.3, 0.4) is 0 Å². The van der Waals surface area contributed by atoms with Crippen LogP contribution in [-0.2, 0) is 9.53 Å². The smallest absolute Gasteiger partial charge is 0.330 e. The first kappa shape index (κ1) is 25.7. The van der Waals surface area contributed by atoms with E-state index in [9.17, 15) is 4.79 Å². The minimum atomic E-state index is -0.370. The predicted molar refractivity (Wildman–Crippen MR) is 163 cm³/mol. The standard InChI is InChI=1S/C36H31NO2/c1-26-9-19-35(25-27(26)2)37(33-20-10-28(11-21-33)12-24-36(38)39-3)34-22-17-32(18-23-34)31-15-13-30(14-16-31)29-7-5-4-6-8-29/h4-25H,1-3H3/b24-12+. The highest BCUT2D eigenvalue weighted by atomic mass is 16.5. The van der Waals surface area contributed by atoms with Crippen LogP contribution < -0.4 is 4.90 Å². The van der Waals surface area contributed by atoms with Crippen LogP contribution in [0.1, 0.15) is 16.7 Å². The predicted octanol–water partition coefficient (Wildman–Crippen LogP) is 9.29. The van der Waals surface area contributed by atoms with E-state index in [-0.39, 0.29) is 5.97 Å². The van der Waals surface area contributed by atoms with Crippen LogP contribution in [0.2, 0.25) is 0 Å². The fourth-order valence-electron chi connectivity index (χ4n) is 4.57. The van der Waals surface area contributed by atoms with E-state index >= 15 is 0 Å². The minimum absolute atomic E-state index is 0.370. The fourth-order valence-corrected chi connectivity index (χ4v) is 4.57. The number of aryl methyl sites for hydroxylation is 2. The average Bonchev–Trinajstić information content (AvgIpc) is 2.99. The zero-order valence-corrected chi connectivity index (χ0v) is 22.5. The molecule has 0 saturated heterocycles. The van der Waals surface area contributed by atoms with E-state index in [1.54, 1.807) is 6.08 Å². The number of ether oxygens (including phenoxy) is 1. The molecule has 5 aromatic carbocycles. The second-order valence-electron chi connectivity index (χ2n) is 9.54. The topological polar surface area (TPSA) is 29.5 Å². The lowest BCUT2D eigenvalue weighted by atomic mass is 10.00. The maximum Gasteiger partial charge on any atom is 0.330 e. The largest absolute Gasteiger partial charge is 0.466 e. The van der Waals surface area contributed by atoms with E-state index in [0.29, 0.717) is 0 Å². The summed E-state index contributed by atoms with van der Waals surface area (Å²) in [6, 6.07) is 42.5. The van der Waals surface area contributed by atoms with Gasteiger partial charge in [-0.25, -0.2) is 4.79 Å². The van der Waals surface area contributed by atoms with Crippen LogP contribution in [-0.4, -0.2) is 13.1 Å². The molecule has 3 nitrogen and oxygen atoms in total. The summed E-state index contributed by atoms with van der Waals surface area (Å²) in [5, 5.41) is 0. The summed E-state index contributed by atoms with van der Waals surface area (Å²) in [6.45, 7) is 4.27. The number of carbonyl (C=O) groups is 1. The molecule has 0 aliphatic rings. The summed E-state index contributed by atoms with van der Waals surface area (Å²) in [7, 11) is 1.38. The maximum absolute atomic E-state index is 11.5. The van der Waals surface area contributed by atoms with Gasteiger partial charge in [-0.15, -0.1) is 0 Å². The molecule has 0 fully saturated rings. The van der Waals surface area contributed by atoms with E-state index < -0.39 is 0 Å². The third kappa shape index (κ3) is 6.00. The average molecular weight is 510 g/mol. The lowest BCUT2D eigenvalue weighted by Crippen LogP contribution is -2.10. The van der Waals surface area contributed by atoms with Crippen LogP contribution in [0.25, 0.3) is 28.3 Å². The van der Waals surface area contributed by atoms with Gasteiger partial charge in [0.15, 0.2) is 0 Å². The Morgan fingerprint density at radius 2 is 1.08 bits per heavy atom. The van der Waals surface area contributed by atoms with Crippen molar-refractivity contribution >= 4 is 29.1 Å². The molecule has 3 heteroatoms. The molecule has 0 unspecified atom stereocenters. The second-order valence-corrected chi connectivity index (χ2v) is 9.54. The second kappa shape index (κ2) is 11.7. The SMILES string of the molecule is COC(=O)/C=C/c1ccc(N(c2ccc(-c3ccc(-c4ccccc4)cc3)cc2)c2ccc(C)c(C)c2)cc1. The Morgan fingerprint density at radius 3 is 1.62 bits per heavy atom. The summed E-state index contributed by atoms with van der Waals surface area (Å²) in [6.07, 6.45) is 3.19. The third-order valence-electron chi connectivity index (χ3n) is 6.96. The van der Waals surface area contributed by atoms with Crippen molar-refractivity contribution in [1.82, 2.24) is 0 Å². The molecule has 0 saturated carbocycles. The number of esters is 1. The molecule has 0 aliphatic heterocycles. The van der Waals surface area contributed by atoms with Gasteiger partial charge in [0.25, 0.3) is 0 Å². The molecule has 0 aromatic heterocycles. The normalized spacial score (nSPS) is 10.9. The lowest BCUT2D eigenvalue weighted by Gasteiger charge is -2.26. The molecular weight excluding hydrogens is 478 g/mol. The zero-order chi connectivity index (χ0) is 27.2. The van der Waals surface area contributed by atoms with Crippen molar-refractivity contribution in [1.29, 1.82) is 0 Å². The molecule has 0 heterocycles. The number of nitrogens with zero attached hydrogens (tertiary/aromatic N) is 1. The Balaban J connectivity index is 1.46. The van der Waals surface area contributed by atoms with Gasteiger partial charge >= 0.3 is 5.97 Å². The molecule has 0 amide bonds. The third-order valence-corrected chi connectivity index (χ3v) is 6.96. The number of rotatable bonds is 7. The highest BCUT2D eigenvalue weighted by molar-refractivity contribution is 5.87. The number of hydrogen-bond donors (Lipinski definition) is 0. The summed E-state index contributed by atoms with van der Waals surface area (Å²) < 4.78 is 4.70. The first-order chi connectivity index (χ1) is 19.0. The molecule has 0 atom stereocenters. The van der Waals surface area contributed by atoms with Crippen molar-refractivity contribution in [2.24, 2.45) is 0 Å². The fraction of sp³-hybridized carbons (Fsp3) is 0.0833. The van der Waals surface area contributed by atoms with Crippen LogP contribution in [0.15, 0.2) is 127 Å². The van der Waals surface area contributed by atoms with Crippen molar-refractivity contribution in [3.63, 3.8) is 0 Å². The Labute approximate surface area is 230 Å². The first-order valence-corrected chi connectivity index (χ1v) is 13.0. The van der Waals surface area contributed by atoms with Gasteiger partial charge in [0.05, 0.1) is 7.11 Å². The minimum Gasteiger partial charge on any atom is -0.466 e. The van der Waals surface area contributed by atoms with E-state index in [4.69, 9.17) is 4.74 Å². The number of benzene rings is 5. The van der Waals surface area contributed by atoms with Crippen molar-refractivity contribution in [3.05, 3.63) is 144 Å². The lowest BCUT2D eigenvalue weighted by molar-refractivity contribution is -0.134. The summed E-state index contributed by atoms with van der Waals surface area (Å²) in [5.74, 6) is -0.370. The zero-order valence-electron chi connectivity index (χ0n) is 22.5. The van der Waals surface area contributed by atoms with Crippen molar-refractivity contribution in [3.8, 4) is 22.3 Å². The van der Waals surface area contributed by atoms with Gasteiger partial charge in [0.2, 0.25) is 0 Å². The van der Waals surface area contributed by atoms with Crippen LogP contribution in [0.5, 0.6) is 0 Å². The molecule has 5 aromatic rings. The molecule has 0 aliphatic carbocycles. The quantitative estimate of drug-likeness (QED) is 0.162. The van der Waals surface area contributed by atoms with Gasteiger partial charge < -0.3 is 9.64 Å². The number of anilines is 3. The van der Waals surface area contributed by atoms with Gasteiger partial charge in [0.1, 0.15) is 0 Å². The van der Waals surface area contributed by atoms with E-state index in [1.807, 2.05) is 18.2 Å².